The first kappa shape index (κ1) is 17.6. The number of fused-ring (bicyclic) bond motifs is 2. The smallest absolute Gasteiger partial charge is 0.343 e. The second-order valence-electron chi connectivity index (χ2n) is 7.44. The van der Waals surface area contributed by atoms with E-state index in [4.69, 9.17) is 4.74 Å². The number of hydrogen-bond acceptors (Lipinski definition) is 2. The Morgan fingerprint density at radius 1 is 0.821 bits per heavy atom. The summed E-state index contributed by atoms with van der Waals surface area (Å²) in [6.07, 6.45) is 6.77. The summed E-state index contributed by atoms with van der Waals surface area (Å²) in [5, 5.41) is 2.28. The van der Waals surface area contributed by atoms with Crippen LogP contribution in [0.1, 0.15) is 30.4 Å². The van der Waals surface area contributed by atoms with Gasteiger partial charge in [0.05, 0.1) is 5.57 Å². The summed E-state index contributed by atoms with van der Waals surface area (Å²) in [4.78, 5) is 14.4. The number of carbonyl (C=O) groups is 1. The molecular weight excluding hydrogens is 364 g/mol. The highest BCUT2D eigenvalue weighted by molar-refractivity contribution is 7.97. The molecule has 0 bridgehead atoms. The van der Waals surface area contributed by atoms with E-state index in [0.29, 0.717) is 22.2 Å². The minimum atomic E-state index is -0.261. The molecule has 1 fully saturated rings. The quantitative estimate of drug-likeness (QED) is 0.335. The fourth-order valence-corrected chi connectivity index (χ4v) is 6.77. The van der Waals surface area contributed by atoms with E-state index in [1.165, 1.54) is 46.6 Å². The van der Waals surface area contributed by atoms with Gasteiger partial charge in [-0.1, -0.05) is 48.5 Å². The van der Waals surface area contributed by atoms with Gasteiger partial charge in [0.15, 0.2) is 4.90 Å². The SMILES string of the molecule is O=C(Oc1ccc([S+]2CCCCC2)c2ccccc12)C1=CCc2ccccc21. The van der Waals surface area contributed by atoms with Crippen LogP contribution in [0.4, 0.5) is 0 Å². The fourth-order valence-electron chi connectivity index (χ4n) is 4.27. The number of hydrogen-bond donors (Lipinski definition) is 0. The molecule has 1 heterocycles. The lowest BCUT2D eigenvalue weighted by Gasteiger charge is -2.16. The van der Waals surface area contributed by atoms with E-state index < -0.39 is 0 Å². The largest absolute Gasteiger partial charge is 0.422 e. The first-order valence-corrected chi connectivity index (χ1v) is 11.6. The Morgan fingerprint density at radius 2 is 1.57 bits per heavy atom. The number of ether oxygens (including phenoxy) is 1. The molecule has 140 valence electrons. The van der Waals surface area contributed by atoms with Gasteiger partial charge in [0.2, 0.25) is 0 Å². The third-order valence-electron chi connectivity index (χ3n) is 5.69. The van der Waals surface area contributed by atoms with E-state index in [0.717, 1.165) is 17.4 Å². The zero-order valence-corrected chi connectivity index (χ0v) is 16.6. The molecule has 3 aromatic rings. The van der Waals surface area contributed by atoms with Gasteiger partial charge in [-0.3, -0.25) is 0 Å². The number of rotatable bonds is 3. The zero-order chi connectivity index (χ0) is 18.9. The van der Waals surface area contributed by atoms with Gasteiger partial charge in [-0.2, -0.15) is 0 Å². The minimum Gasteiger partial charge on any atom is -0.422 e. The van der Waals surface area contributed by atoms with Gasteiger partial charge in [0.1, 0.15) is 17.3 Å². The Balaban J connectivity index is 1.48. The van der Waals surface area contributed by atoms with E-state index in [1.807, 2.05) is 36.4 Å². The molecule has 0 radical (unpaired) electrons. The molecule has 3 aromatic carbocycles. The monoisotopic (exact) mass is 387 g/mol. The van der Waals surface area contributed by atoms with Gasteiger partial charge in [-0.25, -0.2) is 4.79 Å². The second-order valence-corrected chi connectivity index (χ2v) is 9.68. The first-order valence-electron chi connectivity index (χ1n) is 10.0. The van der Waals surface area contributed by atoms with Crippen molar-refractivity contribution in [3.8, 4) is 5.75 Å². The Labute approximate surface area is 168 Å². The van der Waals surface area contributed by atoms with Crippen LogP contribution in [0, 0.1) is 0 Å². The van der Waals surface area contributed by atoms with Crippen molar-refractivity contribution in [2.45, 2.75) is 30.6 Å². The van der Waals surface area contributed by atoms with Gasteiger partial charge in [0.25, 0.3) is 0 Å². The number of esters is 1. The maximum absolute atomic E-state index is 12.9. The van der Waals surface area contributed by atoms with E-state index in [9.17, 15) is 4.79 Å². The van der Waals surface area contributed by atoms with E-state index in [1.54, 1.807) is 0 Å². The summed E-state index contributed by atoms with van der Waals surface area (Å²) in [5.74, 6) is 2.97. The molecule has 0 N–H and O–H groups in total. The predicted molar refractivity (Wildman–Crippen MR) is 117 cm³/mol. The average Bonchev–Trinajstić information content (AvgIpc) is 3.19. The number of allylic oxidation sites excluding steroid dienone is 1. The molecule has 28 heavy (non-hydrogen) atoms. The van der Waals surface area contributed by atoms with Gasteiger partial charge in [0, 0.05) is 21.7 Å². The third-order valence-corrected chi connectivity index (χ3v) is 8.23. The van der Waals surface area contributed by atoms with E-state index in [2.05, 4.69) is 30.3 Å². The summed E-state index contributed by atoms with van der Waals surface area (Å²) >= 11 is 0. The Bertz CT molecular complexity index is 1080. The van der Waals surface area contributed by atoms with Crippen LogP contribution >= 0.6 is 0 Å². The van der Waals surface area contributed by atoms with Crippen LogP contribution < -0.4 is 4.74 Å². The zero-order valence-electron chi connectivity index (χ0n) is 15.8. The Morgan fingerprint density at radius 3 is 2.43 bits per heavy atom. The summed E-state index contributed by atoms with van der Waals surface area (Å²) < 4.78 is 5.91. The molecule has 5 rings (SSSR count). The normalized spacial score (nSPS) is 16.6. The van der Waals surface area contributed by atoms with E-state index in [-0.39, 0.29) is 5.97 Å². The molecule has 0 atom stereocenters. The van der Waals surface area contributed by atoms with Gasteiger partial charge in [-0.05, 0) is 55.0 Å². The Hall–Kier alpha value is -2.52. The van der Waals surface area contributed by atoms with Crippen LogP contribution in [0.25, 0.3) is 16.3 Å². The molecule has 0 amide bonds. The maximum Gasteiger partial charge on any atom is 0.343 e. The third kappa shape index (κ3) is 3.14. The van der Waals surface area contributed by atoms with Gasteiger partial charge >= 0.3 is 5.97 Å². The molecule has 1 aliphatic carbocycles. The molecule has 0 unspecified atom stereocenters. The molecule has 0 saturated carbocycles. The molecular formula is C25H23O2S+. The standard InChI is InChI=1S/C25H23O2S/c26-25(22-13-12-18-8-2-3-9-19(18)22)27-23-14-15-24(28-16-6-1-7-17-28)21-11-5-4-10-20(21)23/h2-5,8-11,13-15H,1,6-7,12,16-17H2/q+1. The lowest BCUT2D eigenvalue weighted by molar-refractivity contribution is -0.127. The van der Waals surface area contributed by atoms with Crippen LogP contribution in [0.3, 0.4) is 0 Å². The minimum absolute atomic E-state index is 0.261. The number of carbonyl (C=O) groups excluding carboxylic acids is 1. The second kappa shape index (κ2) is 7.48. The van der Waals surface area contributed by atoms with Crippen LogP contribution in [0.2, 0.25) is 0 Å². The van der Waals surface area contributed by atoms with Crippen molar-refractivity contribution in [3.63, 3.8) is 0 Å². The van der Waals surface area contributed by atoms with Crippen molar-refractivity contribution in [3.05, 3.63) is 77.9 Å². The molecule has 2 aliphatic rings. The predicted octanol–water partition coefficient (Wildman–Crippen LogP) is 5.55. The highest BCUT2D eigenvalue weighted by Gasteiger charge is 2.28. The van der Waals surface area contributed by atoms with Crippen molar-refractivity contribution >= 4 is 33.2 Å². The number of benzene rings is 3. The lowest BCUT2D eigenvalue weighted by atomic mass is 10.1. The molecule has 3 heteroatoms. The maximum atomic E-state index is 12.9. The van der Waals surface area contributed by atoms with Gasteiger partial charge in [-0.15, -0.1) is 0 Å². The van der Waals surface area contributed by atoms with E-state index >= 15 is 0 Å². The van der Waals surface area contributed by atoms with Crippen molar-refractivity contribution < 1.29 is 9.53 Å². The summed E-state index contributed by atoms with van der Waals surface area (Å²) in [6.45, 7) is 0. The molecule has 1 saturated heterocycles. The molecule has 1 aliphatic heterocycles. The van der Waals surface area contributed by atoms with Crippen molar-refractivity contribution in [1.82, 2.24) is 0 Å². The van der Waals surface area contributed by atoms with Crippen molar-refractivity contribution in [1.29, 1.82) is 0 Å². The highest BCUT2D eigenvalue weighted by atomic mass is 32.2. The van der Waals surface area contributed by atoms with Crippen LogP contribution in [0.15, 0.2) is 71.6 Å². The molecule has 2 nitrogen and oxygen atoms in total. The van der Waals surface area contributed by atoms with Crippen molar-refractivity contribution in [2.24, 2.45) is 0 Å². The van der Waals surface area contributed by atoms with Gasteiger partial charge < -0.3 is 4.74 Å². The average molecular weight is 388 g/mol. The Kier molecular flexibility index (Phi) is 4.69. The van der Waals surface area contributed by atoms with Crippen LogP contribution in [-0.2, 0) is 22.1 Å². The molecule has 0 aromatic heterocycles. The van der Waals surface area contributed by atoms with Crippen LogP contribution in [-0.4, -0.2) is 17.5 Å². The van der Waals surface area contributed by atoms with Crippen molar-refractivity contribution in [2.75, 3.05) is 11.5 Å². The highest BCUT2D eigenvalue weighted by Crippen LogP contribution is 2.36. The topological polar surface area (TPSA) is 26.3 Å². The summed E-state index contributed by atoms with van der Waals surface area (Å²) in [5.41, 5.74) is 2.86. The van der Waals surface area contributed by atoms with Crippen LogP contribution in [0.5, 0.6) is 5.75 Å². The lowest BCUT2D eigenvalue weighted by Crippen LogP contribution is -2.18. The fraction of sp³-hybridized carbons (Fsp3) is 0.240. The molecule has 0 spiro atoms. The summed E-state index contributed by atoms with van der Waals surface area (Å²) in [7, 11) is 0.313. The first-order chi connectivity index (χ1) is 13.8. The summed E-state index contributed by atoms with van der Waals surface area (Å²) in [6, 6.07) is 20.6.